The number of hydrogen-bond donors (Lipinski definition) is 2. The van der Waals surface area contributed by atoms with Crippen molar-refractivity contribution in [2.24, 2.45) is 0 Å². The fourth-order valence-corrected chi connectivity index (χ4v) is 1.41. The van der Waals surface area contributed by atoms with Gasteiger partial charge in [-0.1, -0.05) is 0 Å². The molecule has 2 N–H and O–H groups in total. The van der Waals surface area contributed by atoms with Gasteiger partial charge in [-0.3, -0.25) is 0 Å². The minimum Gasteiger partial charge on any atom is -0.394 e. The highest BCUT2D eigenvalue weighted by molar-refractivity contribution is 4.79. The van der Waals surface area contributed by atoms with Gasteiger partial charge in [-0.2, -0.15) is 5.10 Å². The number of aliphatic hydroxyl groups excluding tert-OH is 2. The van der Waals surface area contributed by atoms with Gasteiger partial charge in [0.1, 0.15) is 18.8 Å². The normalized spacial score (nSPS) is 33.8. The van der Waals surface area contributed by atoms with Crippen LogP contribution in [0.5, 0.6) is 0 Å². The van der Waals surface area contributed by atoms with Gasteiger partial charge in [0.05, 0.1) is 12.7 Å². The number of hydrogen-bond acceptors (Lipinski definition) is 5. The first-order valence-corrected chi connectivity index (χ1v) is 4.09. The maximum atomic E-state index is 9.41. The van der Waals surface area contributed by atoms with Crippen LogP contribution in [-0.2, 0) is 4.74 Å². The van der Waals surface area contributed by atoms with Crippen LogP contribution in [0.1, 0.15) is 12.6 Å². The fourth-order valence-electron chi connectivity index (χ4n) is 1.41. The van der Waals surface area contributed by atoms with Gasteiger partial charge in [0.2, 0.25) is 0 Å². The molecule has 72 valence electrons. The first-order valence-electron chi connectivity index (χ1n) is 4.09. The molecule has 6 heteroatoms. The van der Waals surface area contributed by atoms with Crippen molar-refractivity contribution in [1.82, 2.24) is 14.8 Å². The van der Waals surface area contributed by atoms with Crippen molar-refractivity contribution in [3.8, 4) is 0 Å². The molecule has 13 heavy (non-hydrogen) atoms. The molecule has 1 aromatic rings. The van der Waals surface area contributed by atoms with E-state index < -0.39 is 12.2 Å². The van der Waals surface area contributed by atoms with Gasteiger partial charge in [-0.05, 0) is 0 Å². The Morgan fingerprint density at radius 3 is 3.00 bits per heavy atom. The zero-order valence-corrected chi connectivity index (χ0v) is 6.95. The van der Waals surface area contributed by atoms with Crippen molar-refractivity contribution in [3.63, 3.8) is 0 Å². The zero-order chi connectivity index (χ0) is 9.26. The molecule has 2 heterocycles. The number of aliphatic hydroxyl groups is 2. The molecule has 0 unspecified atom stereocenters. The van der Waals surface area contributed by atoms with Crippen molar-refractivity contribution < 1.29 is 14.9 Å². The molecule has 1 aliphatic heterocycles. The van der Waals surface area contributed by atoms with Crippen LogP contribution < -0.4 is 0 Å². The SMILES string of the molecule is OC[C@H]1O[C@@H](n2cncn2)C[C@@H]1O. The summed E-state index contributed by atoms with van der Waals surface area (Å²) in [6.45, 7) is -0.174. The van der Waals surface area contributed by atoms with Crippen LogP contribution in [0.15, 0.2) is 12.7 Å². The molecule has 0 radical (unpaired) electrons. The summed E-state index contributed by atoms with van der Waals surface area (Å²) in [6.07, 6.45) is 1.93. The van der Waals surface area contributed by atoms with E-state index in [0.717, 1.165) is 0 Å². The van der Waals surface area contributed by atoms with Gasteiger partial charge in [-0.25, -0.2) is 9.67 Å². The van der Waals surface area contributed by atoms with E-state index in [4.69, 9.17) is 9.84 Å². The highest BCUT2D eigenvalue weighted by atomic mass is 16.5. The van der Waals surface area contributed by atoms with Crippen LogP contribution in [0, 0.1) is 0 Å². The third-order valence-corrected chi connectivity index (χ3v) is 2.12. The average molecular weight is 185 g/mol. The number of aromatic nitrogens is 3. The van der Waals surface area contributed by atoms with Crippen molar-refractivity contribution in [3.05, 3.63) is 12.7 Å². The van der Waals surface area contributed by atoms with E-state index in [2.05, 4.69) is 10.1 Å². The van der Waals surface area contributed by atoms with E-state index in [9.17, 15) is 5.11 Å². The molecule has 0 aliphatic carbocycles. The topological polar surface area (TPSA) is 80.4 Å². The predicted octanol–water partition coefficient (Wildman–Crippen LogP) is -1.08. The maximum absolute atomic E-state index is 9.41. The molecular weight excluding hydrogens is 174 g/mol. The largest absolute Gasteiger partial charge is 0.394 e. The molecule has 0 amide bonds. The predicted molar refractivity (Wildman–Crippen MR) is 41.6 cm³/mol. The van der Waals surface area contributed by atoms with Gasteiger partial charge in [0.15, 0.2) is 6.23 Å². The monoisotopic (exact) mass is 185 g/mol. The standard InChI is InChI=1S/C7H11N3O3/c11-2-6-5(12)1-7(13-6)10-4-8-3-9-10/h3-7,11-12H,1-2H2/t5-,6+,7+/m0/s1. The summed E-state index contributed by atoms with van der Waals surface area (Å²) in [5.74, 6) is 0. The van der Waals surface area contributed by atoms with E-state index in [1.54, 1.807) is 0 Å². The van der Waals surface area contributed by atoms with Crippen molar-refractivity contribution in [2.45, 2.75) is 24.9 Å². The minimum absolute atomic E-state index is 0.174. The molecule has 0 aromatic carbocycles. The number of nitrogens with zero attached hydrogens (tertiary/aromatic N) is 3. The van der Waals surface area contributed by atoms with Gasteiger partial charge >= 0.3 is 0 Å². The number of rotatable bonds is 2. The fraction of sp³-hybridized carbons (Fsp3) is 0.714. The Bertz CT molecular complexity index is 264. The molecule has 0 bridgehead atoms. The molecule has 1 aliphatic rings. The maximum Gasteiger partial charge on any atom is 0.155 e. The molecule has 0 saturated carbocycles. The molecule has 2 rings (SSSR count). The highest BCUT2D eigenvalue weighted by Crippen LogP contribution is 2.27. The lowest BCUT2D eigenvalue weighted by atomic mass is 10.2. The van der Waals surface area contributed by atoms with Crippen LogP contribution in [0.2, 0.25) is 0 Å². The second-order valence-corrected chi connectivity index (χ2v) is 2.99. The molecule has 1 saturated heterocycles. The van der Waals surface area contributed by atoms with Gasteiger partial charge < -0.3 is 14.9 Å². The van der Waals surface area contributed by atoms with E-state index in [1.807, 2.05) is 0 Å². The quantitative estimate of drug-likeness (QED) is 0.612. The van der Waals surface area contributed by atoms with E-state index in [0.29, 0.717) is 6.42 Å². The van der Waals surface area contributed by atoms with E-state index in [1.165, 1.54) is 17.3 Å². The molecule has 1 fully saturated rings. The van der Waals surface area contributed by atoms with Gasteiger partial charge in [0, 0.05) is 6.42 Å². The molecule has 1 aromatic heterocycles. The summed E-state index contributed by atoms with van der Waals surface area (Å²) in [4.78, 5) is 3.77. The van der Waals surface area contributed by atoms with Crippen LogP contribution in [-0.4, -0.2) is 43.8 Å². The summed E-state index contributed by atoms with van der Waals surface area (Å²) in [5.41, 5.74) is 0. The Kier molecular flexibility index (Phi) is 2.26. The highest BCUT2D eigenvalue weighted by Gasteiger charge is 2.34. The first kappa shape index (κ1) is 8.61. The Morgan fingerprint density at radius 1 is 1.62 bits per heavy atom. The van der Waals surface area contributed by atoms with Crippen molar-refractivity contribution in [2.75, 3.05) is 6.61 Å². The van der Waals surface area contributed by atoms with Gasteiger partial charge in [-0.15, -0.1) is 0 Å². The Morgan fingerprint density at radius 2 is 2.46 bits per heavy atom. The second-order valence-electron chi connectivity index (χ2n) is 2.99. The van der Waals surface area contributed by atoms with Crippen LogP contribution in [0.4, 0.5) is 0 Å². The molecule has 6 nitrogen and oxygen atoms in total. The Balaban J connectivity index is 2.05. The zero-order valence-electron chi connectivity index (χ0n) is 6.95. The number of ether oxygens (including phenoxy) is 1. The lowest BCUT2D eigenvalue weighted by Gasteiger charge is -2.11. The lowest BCUT2D eigenvalue weighted by Crippen LogP contribution is -2.24. The summed E-state index contributed by atoms with van der Waals surface area (Å²) in [7, 11) is 0. The lowest BCUT2D eigenvalue weighted by molar-refractivity contribution is -0.0485. The Labute approximate surface area is 74.8 Å². The third kappa shape index (κ3) is 1.55. The van der Waals surface area contributed by atoms with E-state index in [-0.39, 0.29) is 12.8 Å². The average Bonchev–Trinajstić information content (AvgIpc) is 2.71. The molecule has 3 atom stereocenters. The minimum atomic E-state index is -0.626. The molecular formula is C7H11N3O3. The van der Waals surface area contributed by atoms with E-state index >= 15 is 0 Å². The van der Waals surface area contributed by atoms with Crippen LogP contribution in [0.25, 0.3) is 0 Å². The van der Waals surface area contributed by atoms with Crippen LogP contribution in [0.3, 0.4) is 0 Å². The van der Waals surface area contributed by atoms with Gasteiger partial charge in [0.25, 0.3) is 0 Å². The summed E-state index contributed by atoms with van der Waals surface area (Å²) in [6, 6.07) is 0. The van der Waals surface area contributed by atoms with Crippen molar-refractivity contribution >= 4 is 0 Å². The summed E-state index contributed by atoms with van der Waals surface area (Å²) >= 11 is 0. The Hall–Kier alpha value is -0.980. The van der Waals surface area contributed by atoms with Crippen molar-refractivity contribution in [1.29, 1.82) is 0 Å². The first-order chi connectivity index (χ1) is 6.31. The van der Waals surface area contributed by atoms with Crippen LogP contribution >= 0.6 is 0 Å². The molecule has 0 spiro atoms. The summed E-state index contributed by atoms with van der Waals surface area (Å²) in [5, 5.41) is 22.1. The summed E-state index contributed by atoms with van der Waals surface area (Å²) < 4.78 is 6.85. The smallest absolute Gasteiger partial charge is 0.155 e. The third-order valence-electron chi connectivity index (χ3n) is 2.12. The second kappa shape index (κ2) is 3.41.